The number of thioether (sulfide) groups is 2. The summed E-state index contributed by atoms with van der Waals surface area (Å²) in [6, 6.07) is 11.4. The Morgan fingerprint density at radius 1 is 0.938 bits per heavy atom. The zero-order valence-corrected chi connectivity index (χ0v) is 20.2. The van der Waals surface area contributed by atoms with Gasteiger partial charge in [-0.1, -0.05) is 56.8 Å². The van der Waals surface area contributed by atoms with E-state index in [-0.39, 0.29) is 16.1 Å². The minimum Gasteiger partial charge on any atom is -0.341 e. The molecule has 174 valence electrons. The first kappa shape index (κ1) is 26.3. The molecule has 8 heteroatoms. The van der Waals surface area contributed by atoms with E-state index in [1.165, 1.54) is 5.56 Å². The van der Waals surface area contributed by atoms with Crippen LogP contribution in [-0.2, 0) is 22.1 Å². The molecule has 2 aromatic carbocycles. The lowest BCUT2D eigenvalue weighted by Gasteiger charge is -2.19. The van der Waals surface area contributed by atoms with Crippen LogP contribution >= 0.6 is 23.5 Å². The number of halogens is 3. The molecule has 0 heterocycles. The van der Waals surface area contributed by atoms with E-state index in [2.05, 4.69) is 38.2 Å². The first-order valence-electron chi connectivity index (χ1n) is 10.1. The predicted octanol–water partition coefficient (Wildman–Crippen LogP) is 6.31. The molecule has 32 heavy (non-hydrogen) atoms. The van der Waals surface area contributed by atoms with E-state index in [0.717, 1.165) is 41.6 Å². The van der Waals surface area contributed by atoms with E-state index in [4.69, 9.17) is 0 Å². The molecule has 2 rings (SSSR count). The first-order chi connectivity index (χ1) is 14.9. The minimum atomic E-state index is -4.46. The number of nitrogens with one attached hydrogen (secondary N) is 1. The highest BCUT2D eigenvalue weighted by atomic mass is 32.2. The van der Waals surface area contributed by atoms with Crippen LogP contribution in [0.5, 0.6) is 0 Å². The average molecular weight is 484 g/mol. The molecule has 0 aliphatic carbocycles. The van der Waals surface area contributed by atoms with Crippen molar-refractivity contribution in [3.8, 4) is 0 Å². The van der Waals surface area contributed by atoms with Crippen LogP contribution < -0.4 is 5.32 Å². The van der Waals surface area contributed by atoms with Gasteiger partial charge in [0, 0.05) is 11.3 Å². The van der Waals surface area contributed by atoms with Gasteiger partial charge in [-0.05, 0) is 59.2 Å². The summed E-state index contributed by atoms with van der Waals surface area (Å²) in [6.45, 7) is 6.40. The summed E-state index contributed by atoms with van der Waals surface area (Å²) in [5.41, 5.74) is 1.53. The highest BCUT2D eigenvalue weighted by Gasteiger charge is 2.30. The second kappa shape index (κ2) is 11.3. The number of hydrogen-bond donors (Lipinski definition) is 1. The maximum Gasteiger partial charge on any atom is 0.416 e. The smallest absolute Gasteiger partial charge is 0.341 e. The Morgan fingerprint density at radius 3 is 2.00 bits per heavy atom. The second-order valence-corrected chi connectivity index (χ2v) is 10.4. The van der Waals surface area contributed by atoms with Gasteiger partial charge in [0.1, 0.15) is 0 Å². The highest BCUT2D eigenvalue weighted by molar-refractivity contribution is 8.13. The molecule has 2 aromatic rings. The molecule has 0 aromatic heterocycles. The molecule has 0 unspecified atom stereocenters. The van der Waals surface area contributed by atoms with Crippen LogP contribution in [0.4, 0.5) is 13.2 Å². The van der Waals surface area contributed by atoms with Gasteiger partial charge in [-0.2, -0.15) is 24.9 Å². The Hall–Kier alpha value is -1.93. The summed E-state index contributed by atoms with van der Waals surface area (Å²) in [5.74, 6) is 0.591. The van der Waals surface area contributed by atoms with Crippen molar-refractivity contribution in [2.45, 2.75) is 50.6 Å². The third kappa shape index (κ3) is 7.89. The molecule has 0 fully saturated rings. The zero-order chi connectivity index (χ0) is 23.9. The summed E-state index contributed by atoms with van der Waals surface area (Å²) in [5, 5.41) is 2.52. The molecule has 0 bridgehead atoms. The van der Waals surface area contributed by atoms with Crippen molar-refractivity contribution in [1.82, 2.24) is 5.32 Å². The monoisotopic (exact) mass is 483 g/mol. The number of amides is 1. The summed E-state index contributed by atoms with van der Waals surface area (Å²) < 4.78 is 38.2. The largest absolute Gasteiger partial charge is 0.416 e. The summed E-state index contributed by atoms with van der Waals surface area (Å²) in [7, 11) is 0. The lowest BCUT2D eigenvalue weighted by atomic mass is 9.87. The molecule has 0 radical (unpaired) electrons. The Morgan fingerprint density at radius 2 is 1.50 bits per heavy atom. The van der Waals surface area contributed by atoms with Crippen LogP contribution in [0.15, 0.2) is 48.5 Å². The van der Waals surface area contributed by atoms with Crippen molar-refractivity contribution < 1.29 is 22.8 Å². The number of carbonyl (C=O) groups excluding carboxylic acids is 2. The fourth-order valence-electron chi connectivity index (χ4n) is 2.89. The summed E-state index contributed by atoms with van der Waals surface area (Å²) >= 11 is 2.69. The highest BCUT2D eigenvalue weighted by Crippen LogP contribution is 2.29. The second-order valence-electron chi connectivity index (χ2n) is 8.44. The van der Waals surface area contributed by atoms with E-state index in [9.17, 15) is 22.8 Å². The molecule has 3 nitrogen and oxygen atoms in total. The lowest BCUT2D eigenvalue weighted by Crippen LogP contribution is -2.40. The number of hydrogen-bond acceptors (Lipinski definition) is 4. The molecule has 0 spiro atoms. The van der Waals surface area contributed by atoms with Crippen LogP contribution in [0, 0.1) is 0 Å². The van der Waals surface area contributed by atoms with E-state index < -0.39 is 23.7 Å². The molecule has 0 saturated carbocycles. The van der Waals surface area contributed by atoms with Crippen molar-refractivity contribution in [1.29, 1.82) is 0 Å². The van der Waals surface area contributed by atoms with Crippen LogP contribution in [0.25, 0.3) is 0 Å². The normalized spacial score (nSPS) is 13.0. The topological polar surface area (TPSA) is 46.2 Å². The Bertz CT molecular complexity index is 905. The third-order valence-electron chi connectivity index (χ3n) is 4.88. The van der Waals surface area contributed by atoms with E-state index >= 15 is 0 Å². The van der Waals surface area contributed by atoms with Gasteiger partial charge >= 0.3 is 6.18 Å². The Balaban J connectivity index is 2.02. The SMILES string of the molecule is CSCC[C@@H](NC(=O)c1ccc(C(F)(F)F)cc1)C(=O)SCc1ccc(C(C)(C)C)cc1. The molecule has 1 N–H and O–H groups in total. The molecular weight excluding hydrogens is 455 g/mol. The zero-order valence-electron chi connectivity index (χ0n) is 18.6. The fraction of sp³-hybridized carbons (Fsp3) is 0.417. The van der Waals surface area contributed by atoms with Crippen LogP contribution in [0.1, 0.15) is 54.2 Å². The molecular formula is C24H28F3NO2S2. The first-order valence-corrected chi connectivity index (χ1v) is 12.5. The molecule has 1 amide bonds. The van der Waals surface area contributed by atoms with Crippen molar-refractivity contribution >= 4 is 34.5 Å². The quantitative estimate of drug-likeness (QED) is 0.478. The maximum absolute atomic E-state index is 12.8. The van der Waals surface area contributed by atoms with Crippen molar-refractivity contribution in [2.75, 3.05) is 12.0 Å². The maximum atomic E-state index is 12.8. The van der Waals surface area contributed by atoms with Crippen molar-refractivity contribution in [3.63, 3.8) is 0 Å². The van der Waals surface area contributed by atoms with Crippen molar-refractivity contribution in [2.24, 2.45) is 0 Å². The molecule has 0 aliphatic heterocycles. The fourth-order valence-corrected chi connectivity index (χ4v) is 4.24. The molecule has 0 saturated heterocycles. The Labute approximate surface area is 195 Å². The number of carbonyl (C=O) groups is 2. The van der Waals surface area contributed by atoms with Crippen LogP contribution in [0.3, 0.4) is 0 Å². The molecule has 1 atom stereocenters. The summed E-state index contributed by atoms with van der Waals surface area (Å²) in [6.07, 6.45) is -2.11. The number of benzene rings is 2. The van der Waals surface area contributed by atoms with Gasteiger partial charge in [0.05, 0.1) is 11.6 Å². The van der Waals surface area contributed by atoms with Gasteiger partial charge in [-0.25, -0.2) is 0 Å². The van der Waals surface area contributed by atoms with Gasteiger partial charge in [0.25, 0.3) is 5.91 Å². The number of alkyl halides is 3. The molecule has 0 aliphatic rings. The minimum absolute atomic E-state index is 0.0486. The van der Waals surface area contributed by atoms with Crippen LogP contribution in [0.2, 0.25) is 0 Å². The third-order valence-corrected chi connectivity index (χ3v) is 6.57. The van der Waals surface area contributed by atoms with Gasteiger partial charge in [0.2, 0.25) is 5.12 Å². The lowest BCUT2D eigenvalue weighted by molar-refractivity contribution is -0.137. The van der Waals surface area contributed by atoms with Crippen LogP contribution in [-0.4, -0.2) is 29.1 Å². The average Bonchev–Trinajstić information content (AvgIpc) is 2.74. The Kier molecular flexibility index (Phi) is 9.28. The van der Waals surface area contributed by atoms with Gasteiger partial charge < -0.3 is 5.32 Å². The van der Waals surface area contributed by atoms with Gasteiger partial charge in [-0.15, -0.1) is 0 Å². The van der Waals surface area contributed by atoms with Crippen molar-refractivity contribution in [3.05, 3.63) is 70.8 Å². The van der Waals surface area contributed by atoms with E-state index in [1.807, 2.05) is 18.4 Å². The number of rotatable bonds is 8. The van der Waals surface area contributed by atoms with E-state index in [1.54, 1.807) is 11.8 Å². The summed E-state index contributed by atoms with van der Waals surface area (Å²) in [4.78, 5) is 25.3. The standard InChI is InChI=1S/C24H28F3NO2S2/c1-23(2,3)18-9-5-16(6-10-18)15-32-22(30)20(13-14-31-4)28-21(29)17-7-11-19(12-8-17)24(25,26)27/h5-12,20H,13-15H2,1-4H3,(H,28,29)/t20-/m1/s1. The van der Waals surface area contributed by atoms with E-state index in [0.29, 0.717) is 17.9 Å². The van der Waals surface area contributed by atoms with Gasteiger partial charge in [0.15, 0.2) is 0 Å². The predicted molar refractivity (Wildman–Crippen MR) is 127 cm³/mol. The van der Waals surface area contributed by atoms with Gasteiger partial charge in [-0.3, -0.25) is 9.59 Å².